The molecule has 0 atom stereocenters. The monoisotopic (exact) mass is 271 g/mol. The van der Waals surface area contributed by atoms with Crippen LogP contribution in [-0.2, 0) is 13.7 Å². The maximum absolute atomic E-state index is 8.96. The number of nitrogens with zero attached hydrogens (tertiary/aromatic N) is 3. The van der Waals surface area contributed by atoms with Crippen LogP contribution in [0.25, 0.3) is 0 Å². The lowest BCUT2D eigenvalue weighted by Gasteiger charge is -2.11. The van der Waals surface area contributed by atoms with E-state index in [1.807, 2.05) is 20.9 Å². The van der Waals surface area contributed by atoms with E-state index in [4.69, 9.17) is 14.7 Å². The van der Waals surface area contributed by atoms with Gasteiger partial charge >= 0.3 is 0 Å². The van der Waals surface area contributed by atoms with Gasteiger partial charge in [0.25, 0.3) is 0 Å². The molecule has 2 aromatic rings. The van der Waals surface area contributed by atoms with E-state index >= 15 is 0 Å². The van der Waals surface area contributed by atoms with E-state index in [0.29, 0.717) is 17.9 Å². The molecule has 0 N–H and O–H groups in total. The lowest BCUT2D eigenvalue weighted by atomic mass is 10.1. The molecule has 0 aliphatic carbocycles. The second kappa shape index (κ2) is 5.66. The molecule has 1 aromatic carbocycles. The molecule has 0 spiro atoms. The second-order valence-electron chi connectivity index (χ2n) is 4.55. The maximum Gasteiger partial charge on any atom is 0.163 e. The Balaban J connectivity index is 2.24. The van der Waals surface area contributed by atoms with Crippen LogP contribution in [0.1, 0.15) is 22.5 Å². The molecule has 5 heteroatoms. The van der Waals surface area contributed by atoms with E-state index in [1.54, 1.807) is 30.0 Å². The number of rotatable bonds is 4. The topological polar surface area (TPSA) is 60.1 Å². The van der Waals surface area contributed by atoms with E-state index in [-0.39, 0.29) is 0 Å². The largest absolute Gasteiger partial charge is 0.496 e. The Kier molecular flexibility index (Phi) is 3.94. The summed E-state index contributed by atoms with van der Waals surface area (Å²) in [6, 6.07) is 7.40. The number of hydrogen-bond donors (Lipinski definition) is 0. The lowest BCUT2D eigenvalue weighted by molar-refractivity contribution is 0.292. The fourth-order valence-corrected chi connectivity index (χ4v) is 2.07. The van der Waals surface area contributed by atoms with Crippen LogP contribution < -0.4 is 9.47 Å². The summed E-state index contributed by atoms with van der Waals surface area (Å²) in [6.07, 6.45) is 0. The van der Waals surface area contributed by atoms with Crippen molar-refractivity contribution in [3.8, 4) is 17.6 Å². The summed E-state index contributed by atoms with van der Waals surface area (Å²) in [5, 5.41) is 13.3. The number of methoxy groups -OCH3 is 1. The Hall–Kier alpha value is -2.48. The average molecular weight is 271 g/mol. The van der Waals surface area contributed by atoms with E-state index in [9.17, 15) is 0 Å². The van der Waals surface area contributed by atoms with Crippen LogP contribution in [0.3, 0.4) is 0 Å². The molecule has 5 nitrogen and oxygen atoms in total. The van der Waals surface area contributed by atoms with Crippen molar-refractivity contribution >= 4 is 0 Å². The minimum Gasteiger partial charge on any atom is -0.496 e. The molecule has 0 radical (unpaired) electrons. The van der Waals surface area contributed by atoms with Crippen molar-refractivity contribution in [2.24, 2.45) is 7.05 Å². The van der Waals surface area contributed by atoms with Crippen LogP contribution in [0.2, 0.25) is 0 Å². The van der Waals surface area contributed by atoms with Crippen molar-refractivity contribution in [3.63, 3.8) is 0 Å². The molecule has 0 aliphatic rings. The Bertz CT molecular complexity index is 668. The first-order chi connectivity index (χ1) is 9.56. The average Bonchev–Trinajstić information content (AvgIpc) is 2.70. The fraction of sp³-hybridized carbons (Fsp3) is 0.333. The van der Waals surface area contributed by atoms with Gasteiger partial charge in [0.1, 0.15) is 18.1 Å². The fourth-order valence-electron chi connectivity index (χ4n) is 2.07. The third kappa shape index (κ3) is 2.59. The van der Waals surface area contributed by atoms with Gasteiger partial charge in [0.05, 0.1) is 24.4 Å². The van der Waals surface area contributed by atoms with Gasteiger partial charge in [0.15, 0.2) is 5.75 Å². The highest BCUT2D eigenvalue weighted by Gasteiger charge is 2.12. The zero-order chi connectivity index (χ0) is 14.7. The third-order valence-corrected chi connectivity index (χ3v) is 3.22. The minimum atomic E-state index is 0.339. The van der Waals surface area contributed by atoms with Gasteiger partial charge in [-0.05, 0) is 32.0 Å². The number of ether oxygens (including phenoxy) is 2. The number of hydrogen-bond acceptors (Lipinski definition) is 4. The SMILES string of the molecule is COc1ccc(C#N)cc1COc1c(C)nn(C)c1C. The van der Waals surface area contributed by atoms with Crippen molar-refractivity contribution in [1.82, 2.24) is 9.78 Å². The van der Waals surface area contributed by atoms with Crippen LogP contribution in [-0.4, -0.2) is 16.9 Å². The van der Waals surface area contributed by atoms with Gasteiger partial charge in [-0.25, -0.2) is 0 Å². The Morgan fingerprint density at radius 3 is 2.65 bits per heavy atom. The van der Waals surface area contributed by atoms with E-state index in [1.165, 1.54) is 0 Å². The van der Waals surface area contributed by atoms with Crippen molar-refractivity contribution in [1.29, 1.82) is 5.26 Å². The normalized spacial score (nSPS) is 10.2. The van der Waals surface area contributed by atoms with Gasteiger partial charge in [0.2, 0.25) is 0 Å². The molecule has 0 amide bonds. The standard InChI is InChI=1S/C15H17N3O2/c1-10-15(11(2)18(3)17-10)20-9-13-7-12(8-16)5-6-14(13)19-4/h5-7H,9H2,1-4H3. The first-order valence-electron chi connectivity index (χ1n) is 6.26. The molecule has 0 bridgehead atoms. The van der Waals surface area contributed by atoms with Gasteiger partial charge in [0, 0.05) is 12.6 Å². The minimum absolute atomic E-state index is 0.339. The maximum atomic E-state index is 8.96. The molecular weight excluding hydrogens is 254 g/mol. The smallest absolute Gasteiger partial charge is 0.163 e. The summed E-state index contributed by atoms with van der Waals surface area (Å²) in [7, 11) is 3.48. The summed E-state index contributed by atoms with van der Waals surface area (Å²) in [5.74, 6) is 1.49. The van der Waals surface area contributed by atoms with Crippen molar-refractivity contribution in [2.45, 2.75) is 20.5 Å². The van der Waals surface area contributed by atoms with E-state index in [2.05, 4.69) is 11.2 Å². The number of benzene rings is 1. The van der Waals surface area contributed by atoms with Crippen LogP contribution >= 0.6 is 0 Å². The summed E-state index contributed by atoms with van der Waals surface area (Å²) in [4.78, 5) is 0. The van der Waals surface area contributed by atoms with E-state index < -0.39 is 0 Å². The molecule has 104 valence electrons. The number of nitriles is 1. The number of aromatic nitrogens is 2. The van der Waals surface area contributed by atoms with Crippen LogP contribution in [0, 0.1) is 25.2 Å². The predicted octanol–water partition coefficient (Wildman–Crippen LogP) is 2.50. The van der Waals surface area contributed by atoms with Gasteiger partial charge in [-0.2, -0.15) is 10.4 Å². The molecule has 0 unspecified atom stereocenters. The molecular formula is C15H17N3O2. The Labute approximate surface area is 118 Å². The predicted molar refractivity (Wildman–Crippen MR) is 74.7 cm³/mol. The zero-order valence-electron chi connectivity index (χ0n) is 12.1. The molecule has 20 heavy (non-hydrogen) atoms. The Morgan fingerprint density at radius 1 is 1.35 bits per heavy atom. The third-order valence-electron chi connectivity index (χ3n) is 3.22. The Morgan fingerprint density at radius 2 is 2.10 bits per heavy atom. The zero-order valence-corrected chi connectivity index (χ0v) is 12.1. The van der Waals surface area contributed by atoms with E-state index in [0.717, 1.165) is 22.7 Å². The first-order valence-corrected chi connectivity index (χ1v) is 6.26. The van der Waals surface area contributed by atoms with Crippen LogP contribution in [0.4, 0.5) is 0 Å². The molecule has 1 aromatic heterocycles. The molecule has 2 rings (SSSR count). The summed E-state index contributed by atoms with van der Waals surface area (Å²) >= 11 is 0. The lowest BCUT2D eigenvalue weighted by Crippen LogP contribution is -2.01. The number of aryl methyl sites for hydroxylation is 2. The van der Waals surface area contributed by atoms with Gasteiger partial charge < -0.3 is 9.47 Å². The first kappa shape index (κ1) is 13.9. The highest BCUT2D eigenvalue weighted by Crippen LogP contribution is 2.25. The van der Waals surface area contributed by atoms with Crippen LogP contribution in [0.5, 0.6) is 11.5 Å². The molecule has 1 heterocycles. The molecule has 0 fully saturated rings. The summed E-state index contributed by atoms with van der Waals surface area (Å²) in [5.41, 5.74) is 3.25. The van der Waals surface area contributed by atoms with Gasteiger partial charge in [-0.1, -0.05) is 0 Å². The van der Waals surface area contributed by atoms with Crippen LogP contribution in [0.15, 0.2) is 18.2 Å². The van der Waals surface area contributed by atoms with Gasteiger partial charge in [-0.15, -0.1) is 0 Å². The summed E-state index contributed by atoms with van der Waals surface area (Å²) < 4.78 is 12.9. The summed E-state index contributed by atoms with van der Waals surface area (Å²) in [6.45, 7) is 4.20. The van der Waals surface area contributed by atoms with Crippen molar-refractivity contribution in [3.05, 3.63) is 40.7 Å². The van der Waals surface area contributed by atoms with Gasteiger partial charge in [-0.3, -0.25) is 4.68 Å². The molecule has 0 aliphatic heterocycles. The highest BCUT2D eigenvalue weighted by atomic mass is 16.5. The second-order valence-corrected chi connectivity index (χ2v) is 4.55. The highest BCUT2D eigenvalue weighted by molar-refractivity contribution is 5.42. The van der Waals surface area contributed by atoms with Crippen molar-refractivity contribution < 1.29 is 9.47 Å². The van der Waals surface area contributed by atoms with Crippen molar-refractivity contribution in [2.75, 3.05) is 7.11 Å². The molecule has 0 saturated heterocycles. The molecule has 0 saturated carbocycles. The quantitative estimate of drug-likeness (QED) is 0.857.